The molecule has 1 aromatic rings. The van der Waals surface area contributed by atoms with Crippen molar-refractivity contribution in [1.29, 1.82) is 0 Å². The number of aromatic carboxylic acids is 1. The molecule has 2 N–H and O–H groups in total. The van der Waals surface area contributed by atoms with Gasteiger partial charge in [0.1, 0.15) is 11.2 Å². The first kappa shape index (κ1) is 33.6. The van der Waals surface area contributed by atoms with Gasteiger partial charge < -0.3 is 24.6 Å². The molecule has 2 heterocycles. The number of allylic oxidation sites excluding steroid dienone is 1. The number of esters is 2. The van der Waals surface area contributed by atoms with Gasteiger partial charge in [0.15, 0.2) is 0 Å². The third-order valence-corrected chi connectivity index (χ3v) is 7.07. The average Bonchev–Trinajstić information content (AvgIpc) is 3.41. The molecule has 10 nitrogen and oxygen atoms in total. The van der Waals surface area contributed by atoms with Crippen LogP contribution in [0.3, 0.4) is 0 Å². The summed E-state index contributed by atoms with van der Waals surface area (Å²) in [5.74, 6) is -4.48. The number of carbonyl (C=O) groups is 4. The molecule has 0 saturated carbocycles. The maximum absolute atomic E-state index is 13.9. The fourth-order valence-corrected chi connectivity index (χ4v) is 5.28. The maximum atomic E-state index is 13.9. The second-order valence-electron chi connectivity index (χ2n) is 11.3. The van der Waals surface area contributed by atoms with Crippen LogP contribution in [0.5, 0.6) is 0 Å². The number of alkyl halides is 3. The lowest BCUT2D eigenvalue weighted by Crippen LogP contribution is -2.57. The van der Waals surface area contributed by atoms with Crippen molar-refractivity contribution in [2.75, 3.05) is 26.3 Å². The van der Waals surface area contributed by atoms with Gasteiger partial charge in [0.2, 0.25) is 5.82 Å². The highest BCUT2D eigenvalue weighted by Gasteiger charge is 2.54. The molecule has 3 rings (SSSR count). The standard InChI is InChI=1S/C30H37F3N2O8/c1-6-41-26(38)22-20(14-15-30(31,32)33)34-24(35(16-8-9-17-35)28(40)43-29(3,4)5)23(27(39)42-7-2)21(22)18-10-12-19(13-11-18)25(36)37/h10-13,21H,6-9,14-17H2,1-5H3,(H-,34,36,37,38,39)/p+1. The second kappa shape index (κ2) is 13.2. The van der Waals surface area contributed by atoms with Crippen molar-refractivity contribution in [2.24, 2.45) is 0 Å². The van der Waals surface area contributed by atoms with Crippen LogP contribution in [0.2, 0.25) is 0 Å². The quantitative estimate of drug-likeness (QED) is 0.210. The van der Waals surface area contributed by atoms with Crippen LogP contribution in [0.15, 0.2) is 46.9 Å². The van der Waals surface area contributed by atoms with E-state index in [1.54, 1.807) is 27.7 Å². The molecular formula is C30H38F3N2O8+. The zero-order valence-corrected chi connectivity index (χ0v) is 24.9. The van der Waals surface area contributed by atoms with Crippen molar-refractivity contribution in [3.63, 3.8) is 0 Å². The zero-order valence-electron chi connectivity index (χ0n) is 24.9. The third kappa shape index (κ3) is 7.75. The Morgan fingerprint density at radius 1 is 0.930 bits per heavy atom. The summed E-state index contributed by atoms with van der Waals surface area (Å²) in [4.78, 5) is 52.7. The minimum Gasteiger partial charge on any atom is -0.478 e. The van der Waals surface area contributed by atoms with Crippen molar-refractivity contribution < 1.29 is 56.1 Å². The van der Waals surface area contributed by atoms with Crippen LogP contribution in [-0.2, 0) is 23.8 Å². The molecule has 1 fully saturated rings. The minimum atomic E-state index is -4.59. The number of quaternary nitrogens is 1. The number of ether oxygens (including phenoxy) is 3. The highest BCUT2D eigenvalue weighted by atomic mass is 19.4. The van der Waals surface area contributed by atoms with Crippen LogP contribution in [0.4, 0.5) is 18.0 Å². The predicted molar refractivity (Wildman–Crippen MR) is 147 cm³/mol. The van der Waals surface area contributed by atoms with Gasteiger partial charge in [0.05, 0.1) is 43.4 Å². The van der Waals surface area contributed by atoms with Crippen LogP contribution in [0.1, 0.15) is 82.1 Å². The highest BCUT2D eigenvalue weighted by molar-refractivity contribution is 6.00. The summed E-state index contributed by atoms with van der Waals surface area (Å²) in [5.41, 5.74) is -1.39. The molecule has 1 aromatic carbocycles. The summed E-state index contributed by atoms with van der Waals surface area (Å²) in [7, 11) is 0. The Hall–Kier alpha value is -3.87. The van der Waals surface area contributed by atoms with E-state index in [2.05, 4.69) is 5.32 Å². The molecule has 0 aliphatic carbocycles. The molecule has 0 radical (unpaired) electrons. The normalized spacial score (nSPS) is 18.7. The van der Waals surface area contributed by atoms with Gasteiger partial charge in [0, 0.05) is 25.0 Å². The van der Waals surface area contributed by atoms with Gasteiger partial charge in [-0.1, -0.05) is 12.1 Å². The topological polar surface area (TPSA) is 128 Å². The molecule has 43 heavy (non-hydrogen) atoms. The van der Waals surface area contributed by atoms with Crippen LogP contribution < -0.4 is 5.32 Å². The summed E-state index contributed by atoms with van der Waals surface area (Å²) in [6.45, 7) is 8.27. The molecule has 236 valence electrons. The molecule has 0 spiro atoms. The Balaban J connectivity index is 2.42. The summed E-state index contributed by atoms with van der Waals surface area (Å²) in [6.07, 6.45) is -6.21. The lowest BCUT2D eigenvalue weighted by Gasteiger charge is -2.39. The molecular weight excluding hydrogens is 573 g/mol. The number of amides is 1. The molecule has 2 aliphatic heterocycles. The fraction of sp³-hybridized carbons (Fsp3) is 0.533. The number of hydrogen-bond donors (Lipinski definition) is 2. The van der Waals surface area contributed by atoms with Crippen LogP contribution in [0, 0.1) is 0 Å². The Morgan fingerprint density at radius 3 is 1.93 bits per heavy atom. The van der Waals surface area contributed by atoms with Gasteiger partial charge in [-0.15, -0.1) is 0 Å². The molecule has 0 bridgehead atoms. The molecule has 1 unspecified atom stereocenters. The van der Waals surface area contributed by atoms with Gasteiger partial charge in [-0.25, -0.2) is 14.4 Å². The van der Waals surface area contributed by atoms with Crippen LogP contribution in [0.25, 0.3) is 0 Å². The summed E-state index contributed by atoms with van der Waals surface area (Å²) in [6, 6.07) is 5.26. The lowest BCUT2D eigenvalue weighted by molar-refractivity contribution is -0.811. The number of carbonyl (C=O) groups excluding carboxylic acids is 3. The number of carboxylic acid groups (broad SMARTS) is 1. The fourth-order valence-electron chi connectivity index (χ4n) is 5.28. The van der Waals surface area contributed by atoms with Gasteiger partial charge in [-0.05, 0) is 58.7 Å². The Labute approximate surface area is 248 Å². The molecule has 1 amide bonds. The number of carboxylic acids is 1. The van der Waals surface area contributed by atoms with Crippen molar-refractivity contribution in [1.82, 2.24) is 5.32 Å². The lowest BCUT2D eigenvalue weighted by atomic mass is 9.79. The minimum absolute atomic E-state index is 0.0391. The van der Waals surface area contributed by atoms with E-state index in [1.807, 2.05) is 0 Å². The molecule has 2 aliphatic rings. The number of dihydropyridines is 1. The molecule has 0 aromatic heterocycles. The Kier molecular flexibility index (Phi) is 10.3. The maximum Gasteiger partial charge on any atom is 0.523 e. The number of rotatable bonds is 9. The first-order valence-electron chi connectivity index (χ1n) is 14.1. The van der Waals surface area contributed by atoms with Gasteiger partial charge in [-0.2, -0.15) is 22.4 Å². The number of hydrogen-bond acceptors (Lipinski definition) is 8. The van der Waals surface area contributed by atoms with Crippen molar-refractivity contribution in [3.05, 3.63) is 58.1 Å². The average molecular weight is 612 g/mol. The summed E-state index contributed by atoms with van der Waals surface area (Å²) >= 11 is 0. The Bertz CT molecular complexity index is 1300. The first-order valence-corrected chi connectivity index (χ1v) is 14.1. The smallest absolute Gasteiger partial charge is 0.478 e. The Morgan fingerprint density at radius 2 is 1.47 bits per heavy atom. The number of nitrogens with one attached hydrogen (secondary N) is 1. The molecule has 1 atom stereocenters. The van der Waals surface area contributed by atoms with E-state index in [9.17, 15) is 37.5 Å². The van der Waals surface area contributed by atoms with E-state index in [0.717, 1.165) is 0 Å². The summed E-state index contributed by atoms with van der Waals surface area (Å²) in [5, 5.41) is 12.3. The number of benzene rings is 1. The zero-order chi connectivity index (χ0) is 32.2. The third-order valence-electron chi connectivity index (χ3n) is 7.07. The van der Waals surface area contributed by atoms with E-state index in [4.69, 9.17) is 14.2 Å². The van der Waals surface area contributed by atoms with E-state index in [0.29, 0.717) is 12.8 Å². The summed E-state index contributed by atoms with van der Waals surface area (Å²) < 4.78 is 56.5. The largest absolute Gasteiger partial charge is 0.523 e. The van der Waals surface area contributed by atoms with E-state index >= 15 is 0 Å². The van der Waals surface area contributed by atoms with Gasteiger partial charge in [0.25, 0.3) is 0 Å². The first-order chi connectivity index (χ1) is 20.0. The second-order valence-corrected chi connectivity index (χ2v) is 11.3. The monoisotopic (exact) mass is 611 g/mol. The van der Waals surface area contributed by atoms with E-state index in [-0.39, 0.29) is 60.1 Å². The predicted octanol–water partition coefficient (Wildman–Crippen LogP) is 5.55. The van der Waals surface area contributed by atoms with Gasteiger partial charge in [-0.3, -0.25) is 0 Å². The number of likely N-dealkylation sites (tertiary alicyclic amines) is 1. The number of nitrogens with zero attached hydrogens (tertiary/aromatic N) is 1. The molecule has 1 saturated heterocycles. The SMILES string of the molecule is CCOC(=O)C1=C(CCC(F)(F)F)NC([N+]2(C(=O)OC(C)(C)C)CCCC2)=C(C(=O)OCC)C1c1ccc(C(=O)O)cc1. The van der Waals surface area contributed by atoms with Gasteiger partial charge >= 0.3 is 30.2 Å². The van der Waals surface area contributed by atoms with Crippen LogP contribution in [-0.4, -0.2) is 71.7 Å². The van der Waals surface area contributed by atoms with Crippen molar-refractivity contribution in [3.8, 4) is 0 Å². The number of halogens is 3. The van der Waals surface area contributed by atoms with Crippen molar-refractivity contribution >= 4 is 24.0 Å². The van der Waals surface area contributed by atoms with Crippen molar-refractivity contribution in [2.45, 2.75) is 78.0 Å². The van der Waals surface area contributed by atoms with Crippen LogP contribution >= 0.6 is 0 Å². The highest BCUT2D eigenvalue weighted by Crippen LogP contribution is 2.45. The van der Waals surface area contributed by atoms with E-state index < -0.39 is 59.0 Å². The van der Waals surface area contributed by atoms with E-state index in [1.165, 1.54) is 31.2 Å². The molecule has 13 heteroatoms.